The number of rotatable bonds is 3. The third-order valence-electron chi connectivity index (χ3n) is 3.74. The molecule has 128 valence electrons. The molecule has 0 aromatic heterocycles. The fourth-order valence-corrected chi connectivity index (χ4v) is 3.43. The molecule has 0 bridgehead atoms. The second-order valence-corrected chi connectivity index (χ2v) is 7.25. The lowest BCUT2D eigenvalue weighted by molar-refractivity contribution is -0.222. The van der Waals surface area contributed by atoms with Gasteiger partial charge in [-0.2, -0.15) is 11.8 Å². The number of benzene rings is 1. The summed E-state index contributed by atoms with van der Waals surface area (Å²) in [7, 11) is 0. The summed E-state index contributed by atoms with van der Waals surface area (Å²) in [6, 6.07) is 7.88. The highest BCUT2D eigenvalue weighted by molar-refractivity contribution is 7.99. The van der Waals surface area contributed by atoms with Gasteiger partial charge >= 0.3 is 11.9 Å². The number of nitrogens with zero attached hydrogens (tertiary/aromatic N) is 1. The molecule has 3 rings (SSSR count). The highest BCUT2D eigenvalue weighted by Gasteiger charge is 2.38. The van der Waals surface area contributed by atoms with Gasteiger partial charge in [0.2, 0.25) is 0 Å². The van der Waals surface area contributed by atoms with Crippen LogP contribution in [0.4, 0.5) is 11.4 Å². The lowest BCUT2D eigenvalue weighted by atomic mass is 10.2. The largest absolute Gasteiger partial charge is 0.419 e. The molecule has 7 heteroatoms. The fourth-order valence-electron chi connectivity index (χ4n) is 2.52. The maximum Gasteiger partial charge on any atom is 0.350 e. The van der Waals surface area contributed by atoms with Crippen molar-refractivity contribution in [2.75, 3.05) is 34.8 Å². The standard InChI is InChI=1S/C17H20N2O4S/c1-17(2)22-15(20)14(16(21)23-17)11-18-12-3-5-13(6-4-12)19-7-9-24-10-8-19/h3-6,11,18H,7-10H2,1-2H3. The summed E-state index contributed by atoms with van der Waals surface area (Å²) in [6.07, 6.45) is 1.33. The van der Waals surface area contributed by atoms with Gasteiger partial charge in [-0.3, -0.25) is 0 Å². The van der Waals surface area contributed by atoms with Crippen molar-refractivity contribution >= 4 is 35.1 Å². The highest BCUT2D eigenvalue weighted by atomic mass is 32.2. The fraction of sp³-hybridized carbons (Fsp3) is 0.412. The Morgan fingerprint density at radius 2 is 1.67 bits per heavy atom. The van der Waals surface area contributed by atoms with Crippen LogP contribution in [-0.2, 0) is 19.1 Å². The van der Waals surface area contributed by atoms with Gasteiger partial charge < -0.3 is 19.7 Å². The van der Waals surface area contributed by atoms with E-state index in [4.69, 9.17) is 9.47 Å². The molecule has 0 saturated carbocycles. The SMILES string of the molecule is CC1(C)OC(=O)C(=CNc2ccc(N3CCSCC3)cc2)C(=O)O1. The van der Waals surface area contributed by atoms with E-state index in [0.717, 1.165) is 30.3 Å². The smallest absolute Gasteiger partial charge is 0.350 e. The molecular formula is C17H20N2O4S. The lowest BCUT2D eigenvalue weighted by Crippen LogP contribution is -2.42. The van der Waals surface area contributed by atoms with Crippen LogP contribution in [0.5, 0.6) is 0 Å². The first-order valence-corrected chi connectivity index (χ1v) is 8.96. The van der Waals surface area contributed by atoms with Crippen molar-refractivity contribution in [2.24, 2.45) is 0 Å². The number of ether oxygens (including phenoxy) is 2. The summed E-state index contributed by atoms with van der Waals surface area (Å²) >= 11 is 1.97. The zero-order valence-electron chi connectivity index (χ0n) is 13.7. The number of esters is 2. The predicted octanol–water partition coefficient (Wildman–Crippen LogP) is 2.37. The van der Waals surface area contributed by atoms with E-state index in [1.165, 1.54) is 25.7 Å². The van der Waals surface area contributed by atoms with E-state index in [0.29, 0.717) is 0 Å². The topological polar surface area (TPSA) is 67.9 Å². The number of cyclic esters (lactones) is 2. The van der Waals surface area contributed by atoms with Crippen molar-refractivity contribution in [2.45, 2.75) is 19.6 Å². The molecule has 24 heavy (non-hydrogen) atoms. The second kappa shape index (κ2) is 6.76. The number of carbonyl (C=O) groups is 2. The third kappa shape index (κ3) is 3.84. The Hall–Kier alpha value is -2.15. The van der Waals surface area contributed by atoms with Crippen LogP contribution in [0.2, 0.25) is 0 Å². The molecule has 0 atom stereocenters. The Morgan fingerprint density at radius 1 is 1.08 bits per heavy atom. The number of carbonyl (C=O) groups excluding carboxylic acids is 2. The average molecular weight is 348 g/mol. The van der Waals surface area contributed by atoms with E-state index >= 15 is 0 Å². The summed E-state index contributed by atoms with van der Waals surface area (Å²) in [5, 5.41) is 2.95. The molecule has 1 aromatic rings. The summed E-state index contributed by atoms with van der Waals surface area (Å²) in [6.45, 7) is 5.14. The third-order valence-corrected chi connectivity index (χ3v) is 4.69. The molecule has 0 spiro atoms. The second-order valence-electron chi connectivity index (χ2n) is 6.03. The normalized spacial score (nSPS) is 20.2. The minimum Gasteiger partial charge on any atom is -0.419 e. The maximum absolute atomic E-state index is 11.9. The summed E-state index contributed by atoms with van der Waals surface area (Å²) in [5.41, 5.74) is 1.81. The number of anilines is 2. The van der Waals surface area contributed by atoms with Gasteiger partial charge in [0.25, 0.3) is 5.79 Å². The average Bonchev–Trinajstić information content (AvgIpc) is 2.54. The first-order chi connectivity index (χ1) is 11.4. The van der Waals surface area contributed by atoms with Crippen LogP contribution in [0.15, 0.2) is 36.0 Å². The van der Waals surface area contributed by atoms with Crippen LogP contribution < -0.4 is 10.2 Å². The van der Waals surface area contributed by atoms with Crippen LogP contribution in [0.1, 0.15) is 13.8 Å². The van der Waals surface area contributed by atoms with Crippen molar-refractivity contribution in [3.63, 3.8) is 0 Å². The monoisotopic (exact) mass is 348 g/mol. The number of nitrogens with one attached hydrogen (secondary N) is 1. The summed E-state index contributed by atoms with van der Waals surface area (Å²) < 4.78 is 10.1. The van der Waals surface area contributed by atoms with Crippen LogP contribution in [-0.4, -0.2) is 42.3 Å². The van der Waals surface area contributed by atoms with Gasteiger partial charge in [-0.05, 0) is 24.3 Å². The molecule has 0 radical (unpaired) electrons. The molecule has 2 fully saturated rings. The Bertz CT molecular complexity index is 642. The van der Waals surface area contributed by atoms with Gasteiger partial charge in [0.15, 0.2) is 5.57 Å². The molecule has 1 N–H and O–H groups in total. The van der Waals surface area contributed by atoms with E-state index in [-0.39, 0.29) is 5.57 Å². The van der Waals surface area contributed by atoms with E-state index < -0.39 is 17.7 Å². The predicted molar refractivity (Wildman–Crippen MR) is 93.9 cm³/mol. The van der Waals surface area contributed by atoms with Crippen LogP contribution in [0.3, 0.4) is 0 Å². The molecular weight excluding hydrogens is 328 g/mol. The van der Waals surface area contributed by atoms with Crippen molar-refractivity contribution in [3.05, 3.63) is 36.0 Å². The maximum atomic E-state index is 11.9. The van der Waals surface area contributed by atoms with Crippen molar-refractivity contribution < 1.29 is 19.1 Å². The van der Waals surface area contributed by atoms with Gasteiger partial charge in [0.05, 0.1) is 0 Å². The van der Waals surface area contributed by atoms with Gasteiger partial charge in [-0.25, -0.2) is 9.59 Å². The van der Waals surface area contributed by atoms with E-state index in [1.54, 1.807) is 0 Å². The first-order valence-electron chi connectivity index (χ1n) is 7.81. The van der Waals surface area contributed by atoms with Gasteiger partial charge in [0, 0.05) is 56.0 Å². The Morgan fingerprint density at radius 3 is 2.25 bits per heavy atom. The van der Waals surface area contributed by atoms with E-state index in [1.807, 2.05) is 36.0 Å². The lowest BCUT2D eigenvalue weighted by Gasteiger charge is -2.29. The molecule has 2 aliphatic heterocycles. The van der Waals surface area contributed by atoms with Crippen LogP contribution >= 0.6 is 11.8 Å². The number of hydrogen-bond acceptors (Lipinski definition) is 7. The Labute approximate surface area is 145 Å². The molecule has 0 aliphatic carbocycles. The van der Waals surface area contributed by atoms with E-state index in [9.17, 15) is 9.59 Å². The molecule has 2 saturated heterocycles. The van der Waals surface area contributed by atoms with Crippen molar-refractivity contribution in [1.29, 1.82) is 0 Å². The van der Waals surface area contributed by atoms with E-state index in [2.05, 4.69) is 10.2 Å². The quantitative estimate of drug-likeness (QED) is 0.511. The van der Waals surface area contributed by atoms with Crippen LogP contribution in [0.25, 0.3) is 0 Å². The highest BCUT2D eigenvalue weighted by Crippen LogP contribution is 2.24. The van der Waals surface area contributed by atoms with Gasteiger partial charge in [-0.15, -0.1) is 0 Å². The number of hydrogen-bond donors (Lipinski definition) is 1. The first kappa shape index (κ1) is 16.7. The zero-order valence-corrected chi connectivity index (χ0v) is 14.5. The molecule has 0 amide bonds. The Kier molecular flexibility index (Phi) is 4.71. The molecule has 2 aliphatic rings. The van der Waals surface area contributed by atoms with Crippen molar-refractivity contribution in [1.82, 2.24) is 0 Å². The summed E-state index contributed by atoms with van der Waals surface area (Å²) in [5.74, 6) is -0.309. The zero-order chi connectivity index (χ0) is 17.2. The number of thioether (sulfide) groups is 1. The van der Waals surface area contributed by atoms with Gasteiger partial charge in [0.1, 0.15) is 0 Å². The molecule has 1 aromatic carbocycles. The minimum absolute atomic E-state index is 0.147. The van der Waals surface area contributed by atoms with Crippen LogP contribution in [0, 0.1) is 0 Å². The van der Waals surface area contributed by atoms with Crippen molar-refractivity contribution in [3.8, 4) is 0 Å². The minimum atomic E-state index is -1.22. The molecule has 0 unspecified atom stereocenters. The molecule has 2 heterocycles. The summed E-state index contributed by atoms with van der Waals surface area (Å²) in [4.78, 5) is 26.1. The molecule has 6 nitrogen and oxygen atoms in total. The van der Waals surface area contributed by atoms with Gasteiger partial charge in [-0.1, -0.05) is 0 Å². The Balaban J connectivity index is 1.66.